The number of halogens is 4. The van der Waals surface area contributed by atoms with Crippen molar-refractivity contribution >= 4 is 33.2 Å². The van der Waals surface area contributed by atoms with Crippen molar-refractivity contribution in [1.29, 1.82) is 0 Å². The Balaban J connectivity index is 1.92. The minimum absolute atomic E-state index is 0.0943. The fourth-order valence-corrected chi connectivity index (χ4v) is 4.52. The summed E-state index contributed by atoms with van der Waals surface area (Å²) < 4.78 is 67.0. The molecule has 0 bridgehead atoms. The molecule has 0 atom stereocenters. The van der Waals surface area contributed by atoms with Gasteiger partial charge in [0.2, 0.25) is 5.91 Å². The number of aryl methyl sites for hydroxylation is 1. The van der Waals surface area contributed by atoms with Crippen molar-refractivity contribution in [3.63, 3.8) is 0 Å². The lowest BCUT2D eigenvalue weighted by Crippen LogP contribution is -2.40. The van der Waals surface area contributed by atoms with Gasteiger partial charge in [0.05, 0.1) is 16.1 Å². The molecule has 0 spiro atoms. The summed E-state index contributed by atoms with van der Waals surface area (Å²) in [6.45, 7) is 1.16. The predicted molar refractivity (Wildman–Crippen MR) is 120 cm³/mol. The van der Waals surface area contributed by atoms with Crippen LogP contribution in [0.25, 0.3) is 0 Å². The van der Waals surface area contributed by atoms with E-state index in [9.17, 15) is 26.4 Å². The zero-order valence-electron chi connectivity index (χ0n) is 17.4. The molecule has 33 heavy (non-hydrogen) atoms. The van der Waals surface area contributed by atoms with Gasteiger partial charge in [-0.1, -0.05) is 47.5 Å². The van der Waals surface area contributed by atoms with Crippen LogP contribution < -0.4 is 9.62 Å². The first-order valence-corrected chi connectivity index (χ1v) is 11.6. The van der Waals surface area contributed by atoms with Gasteiger partial charge in [-0.25, -0.2) is 8.42 Å². The Morgan fingerprint density at radius 2 is 1.64 bits per heavy atom. The standard InChI is InChI=1S/C23H20ClF3N2O3S/c1-16-5-11-21(12-6-16)33(31,32)29(20-4-2-3-18(13-20)23(25,26)27)15-22(30)28-14-17-7-9-19(24)10-8-17/h2-13H,14-15H2,1H3,(H,28,30). The summed E-state index contributed by atoms with van der Waals surface area (Å²) in [5, 5.41) is 3.10. The molecule has 0 saturated carbocycles. The van der Waals surface area contributed by atoms with Crippen LogP contribution >= 0.6 is 11.6 Å². The van der Waals surface area contributed by atoms with Gasteiger partial charge in [0, 0.05) is 11.6 Å². The molecule has 1 amide bonds. The molecule has 3 aromatic rings. The maximum absolute atomic E-state index is 13.3. The van der Waals surface area contributed by atoms with Crippen LogP contribution in [0.5, 0.6) is 0 Å². The molecule has 0 aliphatic carbocycles. The van der Waals surface area contributed by atoms with E-state index >= 15 is 0 Å². The third-order valence-electron chi connectivity index (χ3n) is 4.76. The molecule has 0 aliphatic rings. The molecule has 0 aliphatic heterocycles. The predicted octanol–water partition coefficient (Wildman–Crippen LogP) is 5.18. The number of nitrogens with zero attached hydrogens (tertiary/aromatic N) is 1. The molecule has 10 heteroatoms. The summed E-state index contributed by atoms with van der Waals surface area (Å²) in [7, 11) is -4.33. The van der Waals surface area contributed by atoms with Gasteiger partial charge in [-0.2, -0.15) is 13.2 Å². The van der Waals surface area contributed by atoms with Crippen LogP contribution in [-0.4, -0.2) is 20.9 Å². The number of carbonyl (C=O) groups is 1. The molecule has 3 aromatic carbocycles. The lowest BCUT2D eigenvalue weighted by molar-refractivity contribution is -0.137. The zero-order valence-corrected chi connectivity index (χ0v) is 19.0. The second-order valence-electron chi connectivity index (χ2n) is 7.28. The monoisotopic (exact) mass is 496 g/mol. The summed E-state index contributed by atoms with van der Waals surface area (Å²) in [5.74, 6) is -0.682. The van der Waals surface area contributed by atoms with E-state index < -0.39 is 34.2 Å². The van der Waals surface area contributed by atoms with E-state index in [0.717, 1.165) is 23.3 Å². The first kappa shape index (κ1) is 24.6. The summed E-state index contributed by atoms with van der Waals surface area (Å²) in [6, 6.07) is 16.3. The number of anilines is 1. The van der Waals surface area contributed by atoms with Crippen LogP contribution in [0, 0.1) is 6.92 Å². The maximum Gasteiger partial charge on any atom is 0.416 e. The minimum atomic E-state index is -4.67. The van der Waals surface area contributed by atoms with Crippen LogP contribution in [0.2, 0.25) is 5.02 Å². The largest absolute Gasteiger partial charge is 0.416 e. The van der Waals surface area contributed by atoms with Gasteiger partial charge in [0.1, 0.15) is 6.54 Å². The number of sulfonamides is 1. The van der Waals surface area contributed by atoms with Gasteiger partial charge in [-0.05, 0) is 55.0 Å². The Bertz CT molecular complexity index is 1230. The van der Waals surface area contributed by atoms with Crippen molar-refractivity contribution in [2.75, 3.05) is 10.8 Å². The van der Waals surface area contributed by atoms with Crippen LogP contribution in [0.3, 0.4) is 0 Å². The van der Waals surface area contributed by atoms with E-state index in [2.05, 4.69) is 5.32 Å². The molecule has 174 valence electrons. The number of benzene rings is 3. The van der Waals surface area contributed by atoms with Crippen molar-refractivity contribution in [1.82, 2.24) is 5.32 Å². The minimum Gasteiger partial charge on any atom is -0.350 e. The first-order valence-electron chi connectivity index (χ1n) is 9.74. The molecule has 0 saturated heterocycles. The Morgan fingerprint density at radius 3 is 2.24 bits per heavy atom. The highest BCUT2D eigenvalue weighted by Gasteiger charge is 2.33. The second kappa shape index (κ2) is 9.84. The fraction of sp³-hybridized carbons (Fsp3) is 0.174. The number of alkyl halides is 3. The average Bonchev–Trinajstić information content (AvgIpc) is 2.77. The molecule has 0 unspecified atom stereocenters. The topological polar surface area (TPSA) is 66.5 Å². The lowest BCUT2D eigenvalue weighted by atomic mass is 10.2. The van der Waals surface area contributed by atoms with Crippen LogP contribution in [0.4, 0.5) is 18.9 Å². The summed E-state index contributed by atoms with van der Waals surface area (Å²) in [5.41, 5.74) is 0.234. The number of nitrogens with one attached hydrogen (secondary N) is 1. The van der Waals surface area contributed by atoms with Gasteiger partial charge < -0.3 is 5.32 Å². The number of carbonyl (C=O) groups excluding carboxylic acids is 1. The Hall–Kier alpha value is -3.04. The van der Waals surface area contributed by atoms with Gasteiger partial charge >= 0.3 is 6.18 Å². The first-order chi connectivity index (χ1) is 15.5. The van der Waals surface area contributed by atoms with Gasteiger partial charge in [-0.15, -0.1) is 0 Å². The summed E-state index contributed by atoms with van der Waals surface area (Å²) in [6.07, 6.45) is -4.67. The molecular weight excluding hydrogens is 477 g/mol. The molecule has 0 heterocycles. The van der Waals surface area contributed by atoms with Crippen molar-refractivity contribution in [2.45, 2.75) is 24.5 Å². The van der Waals surface area contributed by atoms with Crippen molar-refractivity contribution < 1.29 is 26.4 Å². The lowest BCUT2D eigenvalue weighted by Gasteiger charge is -2.25. The van der Waals surface area contributed by atoms with Crippen molar-refractivity contribution in [3.05, 3.63) is 94.5 Å². The van der Waals surface area contributed by atoms with E-state index in [1.165, 1.54) is 18.2 Å². The van der Waals surface area contributed by atoms with Crippen LogP contribution in [-0.2, 0) is 27.5 Å². The fourth-order valence-electron chi connectivity index (χ4n) is 2.98. The maximum atomic E-state index is 13.3. The van der Waals surface area contributed by atoms with Gasteiger partial charge in [0.15, 0.2) is 0 Å². The van der Waals surface area contributed by atoms with E-state index in [4.69, 9.17) is 11.6 Å². The molecule has 0 aromatic heterocycles. The van der Waals surface area contributed by atoms with E-state index in [1.807, 2.05) is 0 Å². The zero-order chi connectivity index (χ0) is 24.2. The molecule has 0 radical (unpaired) electrons. The van der Waals surface area contributed by atoms with E-state index in [-0.39, 0.29) is 17.1 Å². The summed E-state index contributed by atoms with van der Waals surface area (Å²) >= 11 is 5.83. The van der Waals surface area contributed by atoms with E-state index in [1.54, 1.807) is 43.3 Å². The highest BCUT2D eigenvalue weighted by atomic mass is 35.5. The Labute approximate surface area is 194 Å². The van der Waals surface area contributed by atoms with Gasteiger partial charge in [0.25, 0.3) is 10.0 Å². The number of hydrogen-bond donors (Lipinski definition) is 1. The highest BCUT2D eigenvalue weighted by Crippen LogP contribution is 2.33. The molecular formula is C23H20ClF3N2O3S. The summed E-state index contributed by atoms with van der Waals surface area (Å²) in [4.78, 5) is 12.5. The third kappa shape index (κ3) is 6.27. The molecule has 3 rings (SSSR count). The number of amides is 1. The number of rotatable bonds is 7. The Morgan fingerprint density at radius 1 is 1.00 bits per heavy atom. The van der Waals surface area contributed by atoms with E-state index in [0.29, 0.717) is 15.4 Å². The third-order valence-corrected chi connectivity index (χ3v) is 6.80. The molecule has 5 nitrogen and oxygen atoms in total. The quantitative estimate of drug-likeness (QED) is 0.490. The average molecular weight is 497 g/mol. The van der Waals surface area contributed by atoms with Crippen LogP contribution in [0.1, 0.15) is 16.7 Å². The normalized spacial score (nSPS) is 11.8. The number of hydrogen-bond acceptors (Lipinski definition) is 3. The smallest absolute Gasteiger partial charge is 0.350 e. The second-order valence-corrected chi connectivity index (χ2v) is 9.57. The highest BCUT2D eigenvalue weighted by molar-refractivity contribution is 7.92. The molecule has 1 N–H and O–H groups in total. The van der Waals surface area contributed by atoms with Crippen molar-refractivity contribution in [2.24, 2.45) is 0 Å². The molecule has 0 fully saturated rings. The van der Waals surface area contributed by atoms with Crippen LogP contribution in [0.15, 0.2) is 77.7 Å². The Kier molecular flexibility index (Phi) is 7.34. The van der Waals surface area contributed by atoms with Crippen molar-refractivity contribution in [3.8, 4) is 0 Å². The van der Waals surface area contributed by atoms with Gasteiger partial charge in [-0.3, -0.25) is 9.10 Å². The SMILES string of the molecule is Cc1ccc(S(=O)(=O)N(CC(=O)NCc2ccc(Cl)cc2)c2cccc(C(F)(F)F)c2)cc1.